The van der Waals surface area contributed by atoms with Gasteiger partial charge in [-0.15, -0.1) is 12.4 Å². The molecule has 1 fully saturated rings. The molecule has 0 amide bonds. The van der Waals surface area contributed by atoms with E-state index in [1.807, 2.05) is 6.07 Å². The summed E-state index contributed by atoms with van der Waals surface area (Å²) in [6.45, 7) is 4.16. The third-order valence-corrected chi connectivity index (χ3v) is 3.17. The molecule has 2 rings (SSSR count). The van der Waals surface area contributed by atoms with Gasteiger partial charge in [0.05, 0.1) is 6.61 Å². The summed E-state index contributed by atoms with van der Waals surface area (Å²) in [6, 6.07) is 8.17. The zero-order valence-electron chi connectivity index (χ0n) is 10.5. The van der Waals surface area contributed by atoms with Crippen LogP contribution in [-0.4, -0.2) is 43.9 Å². The minimum Gasteiger partial charge on any atom is -0.395 e. The Balaban J connectivity index is 0.00000162. The Morgan fingerprint density at radius 3 is 2.61 bits per heavy atom. The SMILES string of the molecule is Cl.NC(CO)Cc1ccccc1N1CCNCC1. The normalized spacial score (nSPS) is 17.1. The highest BCUT2D eigenvalue weighted by molar-refractivity contribution is 5.85. The average Bonchev–Trinajstić information content (AvgIpc) is 2.40. The summed E-state index contributed by atoms with van der Waals surface area (Å²) in [7, 11) is 0. The molecule has 4 N–H and O–H groups in total. The number of hydrogen-bond acceptors (Lipinski definition) is 4. The molecule has 1 saturated heterocycles. The fourth-order valence-electron chi connectivity index (χ4n) is 2.24. The topological polar surface area (TPSA) is 61.5 Å². The standard InChI is InChI=1S/C13H21N3O.ClH/c14-12(10-17)9-11-3-1-2-4-13(11)16-7-5-15-6-8-16;/h1-4,12,15,17H,5-10,14H2;1H. The fraction of sp³-hybridized carbons (Fsp3) is 0.538. The van der Waals surface area contributed by atoms with Crippen LogP contribution in [0.3, 0.4) is 0 Å². The van der Waals surface area contributed by atoms with Gasteiger partial charge >= 0.3 is 0 Å². The second kappa shape index (κ2) is 7.59. The highest BCUT2D eigenvalue weighted by Gasteiger charge is 2.14. The van der Waals surface area contributed by atoms with Gasteiger partial charge in [0.2, 0.25) is 0 Å². The third-order valence-electron chi connectivity index (χ3n) is 3.17. The zero-order chi connectivity index (χ0) is 12.1. The number of aliphatic hydroxyl groups is 1. The molecule has 18 heavy (non-hydrogen) atoms. The lowest BCUT2D eigenvalue weighted by molar-refractivity contribution is 0.265. The van der Waals surface area contributed by atoms with Crippen molar-refractivity contribution in [3.8, 4) is 0 Å². The third kappa shape index (κ3) is 3.85. The molecule has 1 aromatic carbocycles. The highest BCUT2D eigenvalue weighted by Crippen LogP contribution is 2.21. The number of halogens is 1. The van der Waals surface area contributed by atoms with Gasteiger partial charge in [-0.05, 0) is 18.1 Å². The van der Waals surface area contributed by atoms with Crippen LogP contribution in [0.5, 0.6) is 0 Å². The summed E-state index contributed by atoms with van der Waals surface area (Å²) in [5.74, 6) is 0. The molecule has 4 nitrogen and oxygen atoms in total. The van der Waals surface area contributed by atoms with Gasteiger partial charge in [0.25, 0.3) is 0 Å². The second-order valence-corrected chi connectivity index (χ2v) is 4.51. The Labute approximate surface area is 115 Å². The molecular weight excluding hydrogens is 250 g/mol. The van der Waals surface area contributed by atoms with E-state index in [0.717, 1.165) is 32.6 Å². The summed E-state index contributed by atoms with van der Waals surface area (Å²) in [6.07, 6.45) is 0.733. The lowest BCUT2D eigenvalue weighted by atomic mass is 10.0. The first-order chi connectivity index (χ1) is 8.31. The Morgan fingerprint density at radius 1 is 1.28 bits per heavy atom. The molecule has 1 heterocycles. The van der Waals surface area contributed by atoms with Gasteiger partial charge in [0.1, 0.15) is 0 Å². The zero-order valence-corrected chi connectivity index (χ0v) is 11.3. The van der Waals surface area contributed by atoms with E-state index in [-0.39, 0.29) is 25.1 Å². The molecule has 1 aromatic rings. The number of hydrogen-bond donors (Lipinski definition) is 3. The van der Waals surface area contributed by atoms with Crippen LogP contribution in [0.1, 0.15) is 5.56 Å². The summed E-state index contributed by atoms with van der Waals surface area (Å²) < 4.78 is 0. The second-order valence-electron chi connectivity index (χ2n) is 4.51. The Kier molecular flexibility index (Phi) is 6.43. The number of aliphatic hydroxyl groups excluding tert-OH is 1. The van der Waals surface area contributed by atoms with Crippen molar-refractivity contribution in [3.05, 3.63) is 29.8 Å². The number of para-hydroxylation sites is 1. The van der Waals surface area contributed by atoms with Crippen LogP contribution in [0.4, 0.5) is 5.69 Å². The number of nitrogens with one attached hydrogen (secondary N) is 1. The minimum atomic E-state index is -0.168. The first kappa shape index (κ1) is 15.2. The van der Waals surface area contributed by atoms with E-state index in [1.165, 1.54) is 11.3 Å². The fourth-order valence-corrected chi connectivity index (χ4v) is 2.24. The van der Waals surface area contributed by atoms with Crippen molar-refractivity contribution in [2.75, 3.05) is 37.7 Å². The molecule has 1 atom stereocenters. The molecule has 1 aliphatic rings. The molecule has 1 aliphatic heterocycles. The van der Waals surface area contributed by atoms with E-state index < -0.39 is 0 Å². The quantitative estimate of drug-likeness (QED) is 0.741. The van der Waals surface area contributed by atoms with Crippen LogP contribution in [0.25, 0.3) is 0 Å². The van der Waals surface area contributed by atoms with Gasteiger partial charge in [-0.3, -0.25) is 0 Å². The predicted molar refractivity (Wildman–Crippen MR) is 77.5 cm³/mol. The molecule has 0 spiro atoms. The number of nitrogens with two attached hydrogens (primary N) is 1. The predicted octanol–water partition coefficient (Wildman–Crippen LogP) is 0.380. The molecule has 1 unspecified atom stereocenters. The summed E-state index contributed by atoms with van der Waals surface area (Å²) in [4.78, 5) is 2.38. The van der Waals surface area contributed by atoms with Crippen molar-refractivity contribution in [2.45, 2.75) is 12.5 Å². The lowest BCUT2D eigenvalue weighted by Gasteiger charge is -2.31. The van der Waals surface area contributed by atoms with Crippen molar-refractivity contribution < 1.29 is 5.11 Å². The Bertz CT molecular complexity index is 356. The molecule has 0 bridgehead atoms. The van der Waals surface area contributed by atoms with Gasteiger partial charge in [-0.2, -0.15) is 0 Å². The van der Waals surface area contributed by atoms with Crippen molar-refractivity contribution in [1.29, 1.82) is 0 Å². The van der Waals surface area contributed by atoms with Gasteiger partial charge in [0.15, 0.2) is 0 Å². The van der Waals surface area contributed by atoms with Gasteiger partial charge in [-0.1, -0.05) is 18.2 Å². The van der Waals surface area contributed by atoms with Gasteiger partial charge in [0, 0.05) is 37.9 Å². The van der Waals surface area contributed by atoms with E-state index in [4.69, 9.17) is 10.8 Å². The first-order valence-electron chi connectivity index (χ1n) is 6.21. The van der Waals surface area contributed by atoms with Crippen molar-refractivity contribution in [1.82, 2.24) is 5.32 Å². The maximum Gasteiger partial charge on any atom is 0.0585 e. The van der Waals surface area contributed by atoms with Crippen LogP contribution in [0, 0.1) is 0 Å². The van der Waals surface area contributed by atoms with Crippen molar-refractivity contribution in [3.63, 3.8) is 0 Å². The van der Waals surface area contributed by atoms with Gasteiger partial charge < -0.3 is 21.1 Å². The van der Waals surface area contributed by atoms with Crippen LogP contribution in [0.15, 0.2) is 24.3 Å². The van der Waals surface area contributed by atoms with Gasteiger partial charge in [-0.25, -0.2) is 0 Å². The smallest absolute Gasteiger partial charge is 0.0585 e. The van der Waals surface area contributed by atoms with Crippen LogP contribution < -0.4 is 16.0 Å². The summed E-state index contributed by atoms with van der Waals surface area (Å²) in [5.41, 5.74) is 8.32. The molecular formula is C13H22ClN3O. The largest absolute Gasteiger partial charge is 0.395 e. The average molecular weight is 272 g/mol. The van der Waals surface area contributed by atoms with E-state index >= 15 is 0 Å². The molecule has 0 saturated carbocycles. The summed E-state index contributed by atoms with van der Waals surface area (Å²) >= 11 is 0. The van der Waals surface area contributed by atoms with Crippen molar-refractivity contribution >= 4 is 18.1 Å². The number of benzene rings is 1. The number of rotatable bonds is 4. The maximum atomic E-state index is 9.05. The number of piperazine rings is 1. The van der Waals surface area contributed by atoms with Crippen LogP contribution in [0.2, 0.25) is 0 Å². The monoisotopic (exact) mass is 271 g/mol. The molecule has 0 aromatic heterocycles. The molecule has 0 aliphatic carbocycles. The molecule has 5 heteroatoms. The Morgan fingerprint density at radius 2 is 1.94 bits per heavy atom. The number of anilines is 1. The van der Waals surface area contributed by atoms with E-state index in [1.54, 1.807) is 0 Å². The summed E-state index contributed by atoms with van der Waals surface area (Å²) in [5, 5.41) is 12.4. The minimum absolute atomic E-state index is 0. The molecule has 102 valence electrons. The van der Waals surface area contributed by atoms with Crippen LogP contribution in [-0.2, 0) is 6.42 Å². The molecule has 0 radical (unpaired) electrons. The first-order valence-corrected chi connectivity index (χ1v) is 6.21. The number of nitrogens with zero attached hydrogens (tertiary/aromatic N) is 1. The highest BCUT2D eigenvalue weighted by atomic mass is 35.5. The van der Waals surface area contributed by atoms with E-state index in [9.17, 15) is 0 Å². The van der Waals surface area contributed by atoms with E-state index in [0.29, 0.717) is 0 Å². The maximum absolute atomic E-state index is 9.05. The lowest BCUT2D eigenvalue weighted by Crippen LogP contribution is -2.44. The van der Waals surface area contributed by atoms with Crippen LogP contribution >= 0.6 is 12.4 Å². The van der Waals surface area contributed by atoms with Crippen molar-refractivity contribution in [2.24, 2.45) is 5.73 Å². The Hall–Kier alpha value is -0.810. The van der Waals surface area contributed by atoms with E-state index in [2.05, 4.69) is 28.4 Å².